The van der Waals surface area contributed by atoms with E-state index in [0.717, 1.165) is 54.6 Å². The summed E-state index contributed by atoms with van der Waals surface area (Å²) >= 11 is 0. The summed E-state index contributed by atoms with van der Waals surface area (Å²) in [6.07, 6.45) is 3.43. The summed E-state index contributed by atoms with van der Waals surface area (Å²) in [6, 6.07) is 21.5. The predicted molar refractivity (Wildman–Crippen MR) is 131 cm³/mol. The second-order valence-corrected chi connectivity index (χ2v) is 8.02. The molecule has 0 aromatic heterocycles. The highest BCUT2D eigenvalue weighted by Gasteiger charge is 2.12. The van der Waals surface area contributed by atoms with Gasteiger partial charge in [-0.25, -0.2) is 0 Å². The largest absolute Gasteiger partial charge is 0.496 e. The van der Waals surface area contributed by atoms with E-state index in [1.165, 1.54) is 5.56 Å². The molecule has 0 unspecified atom stereocenters. The van der Waals surface area contributed by atoms with Crippen LogP contribution in [0.15, 0.2) is 72.8 Å². The summed E-state index contributed by atoms with van der Waals surface area (Å²) in [5.74, 6) is 1.53. The third-order valence-electron chi connectivity index (χ3n) is 5.67. The average molecular weight is 444 g/mol. The Morgan fingerprint density at radius 2 is 1.73 bits per heavy atom. The van der Waals surface area contributed by atoms with Gasteiger partial charge in [-0.1, -0.05) is 29.8 Å². The Bertz CT molecular complexity index is 1100. The zero-order valence-corrected chi connectivity index (χ0v) is 19.1. The van der Waals surface area contributed by atoms with Crippen LogP contribution in [-0.4, -0.2) is 39.2 Å². The number of carbonyl (C=O) groups is 1. The summed E-state index contributed by atoms with van der Waals surface area (Å²) in [6.45, 7) is 5.65. The summed E-state index contributed by atoms with van der Waals surface area (Å²) < 4.78 is 16.8. The molecular weight excluding hydrogens is 414 g/mol. The average Bonchev–Trinajstić information content (AvgIpc) is 2.87. The van der Waals surface area contributed by atoms with Crippen molar-refractivity contribution in [3.05, 3.63) is 95.1 Å². The van der Waals surface area contributed by atoms with Crippen molar-refractivity contribution in [2.24, 2.45) is 0 Å². The number of methoxy groups -OCH3 is 1. The van der Waals surface area contributed by atoms with Gasteiger partial charge in [0, 0.05) is 29.9 Å². The van der Waals surface area contributed by atoms with Crippen molar-refractivity contribution in [1.29, 1.82) is 0 Å². The van der Waals surface area contributed by atoms with E-state index >= 15 is 0 Å². The molecule has 0 radical (unpaired) electrons. The lowest BCUT2D eigenvalue weighted by atomic mass is 10.1. The quantitative estimate of drug-likeness (QED) is 0.349. The first kappa shape index (κ1) is 22.6. The molecule has 0 N–H and O–H groups in total. The SMILES string of the molecule is COc1ccc(/C=C/C(=O)c2ccc(N3CCOCC3)cc2)cc1COc1ccc(C)cc1. The van der Waals surface area contributed by atoms with Crippen molar-refractivity contribution < 1.29 is 19.0 Å². The molecule has 0 spiro atoms. The molecule has 0 atom stereocenters. The maximum atomic E-state index is 12.7. The lowest BCUT2D eigenvalue weighted by Crippen LogP contribution is -2.36. The highest BCUT2D eigenvalue weighted by molar-refractivity contribution is 6.07. The van der Waals surface area contributed by atoms with Crippen LogP contribution < -0.4 is 14.4 Å². The van der Waals surface area contributed by atoms with Crippen LogP contribution in [0.3, 0.4) is 0 Å². The van der Waals surface area contributed by atoms with Crippen molar-refractivity contribution in [1.82, 2.24) is 0 Å². The lowest BCUT2D eigenvalue weighted by molar-refractivity contribution is 0.104. The van der Waals surface area contributed by atoms with Gasteiger partial charge in [-0.05, 0) is 67.1 Å². The Morgan fingerprint density at radius 3 is 2.42 bits per heavy atom. The molecule has 1 aliphatic rings. The molecular formula is C28H29NO4. The van der Waals surface area contributed by atoms with Crippen LogP contribution in [0.5, 0.6) is 11.5 Å². The molecule has 4 rings (SSSR count). The van der Waals surface area contributed by atoms with Gasteiger partial charge in [0.25, 0.3) is 0 Å². The van der Waals surface area contributed by atoms with Gasteiger partial charge in [0.05, 0.1) is 20.3 Å². The molecule has 3 aromatic carbocycles. The van der Waals surface area contributed by atoms with Crippen LogP contribution in [-0.2, 0) is 11.3 Å². The number of aryl methyl sites for hydroxylation is 1. The lowest BCUT2D eigenvalue weighted by Gasteiger charge is -2.28. The van der Waals surface area contributed by atoms with E-state index in [-0.39, 0.29) is 5.78 Å². The number of ether oxygens (including phenoxy) is 3. The number of hydrogen-bond acceptors (Lipinski definition) is 5. The van der Waals surface area contributed by atoms with E-state index < -0.39 is 0 Å². The van der Waals surface area contributed by atoms with Gasteiger partial charge in [0.15, 0.2) is 5.78 Å². The minimum atomic E-state index is -0.0307. The number of nitrogens with zero attached hydrogens (tertiary/aromatic N) is 1. The second-order valence-electron chi connectivity index (χ2n) is 8.02. The molecule has 5 heteroatoms. The summed E-state index contributed by atoms with van der Waals surface area (Å²) in [7, 11) is 1.64. The Kier molecular flexibility index (Phi) is 7.43. The highest BCUT2D eigenvalue weighted by Crippen LogP contribution is 2.23. The number of carbonyl (C=O) groups excluding carboxylic acids is 1. The molecule has 33 heavy (non-hydrogen) atoms. The zero-order chi connectivity index (χ0) is 23.0. The first-order chi connectivity index (χ1) is 16.1. The van der Waals surface area contributed by atoms with Gasteiger partial charge >= 0.3 is 0 Å². The molecule has 5 nitrogen and oxygen atoms in total. The van der Waals surface area contributed by atoms with Crippen LogP contribution in [0.25, 0.3) is 6.08 Å². The van der Waals surface area contributed by atoms with Gasteiger partial charge in [0.1, 0.15) is 18.1 Å². The van der Waals surface area contributed by atoms with E-state index in [0.29, 0.717) is 12.2 Å². The summed E-state index contributed by atoms with van der Waals surface area (Å²) in [5, 5.41) is 0. The molecule has 3 aromatic rings. The minimum Gasteiger partial charge on any atom is -0.496 e. The first-order valence-electron chi connectivity index (χ1n) is 11.1. The molecule has 170 valence electrons. The Morgan fingerprint density at radius 1 is 1.00 bits per heavy atom. The first-order valence-corrected chi connectivity index (χ1v) is 11.1. The van der Waals surface area contributed by atoms with Gasteiger partial charge in [0.2, 0.25) is 0 Å². The van der Waals surface area contributed by atoms with Gasteiger partial charge < -0.3 is 19.1 Å². The predicted octanol–water partition coefficient (Wildman–Crippen LogP) is 5.32. The number of allylic oxidation sites excluding steroid dienone is 1. The fraction of sp³-hybridized carbons (Fsp3) is 0.250. The van der Waals surface area contributed by atoms with Crippen molar-refractivity contribution in [3.63, 3.8) is 0 Å². The smallest absolute Gasteiger partial charge is 0.185 e. The standard InChI is InChI=1S/C28H29NO4/c1-21-3-11-26(12-4-21)33-20-24-19-22(6-14-28(24)31-2)5-13-27(30)23-7-9-25(10-8-23)29-15-17-32-18-16-29/h3-14,19H,15-18,20H2,1-2H3/b13-5+. The van der Waals surface area contributed by atoms with Crippen molar-refractivity contribution in [3.8, 4) is 11.5 Å². The molecule has 1 aliphatic heterocycles. The number of morpholine rings is 1. The molecule has 1 fully saturated rings. The molecule has 1 heterocycles. The van der Waals surface area contributed by atoms with Crippen LogP contribution >= 0.6 is 0 Å². The van der Waals surface area contributed by atoms with E-state index in [4.69, 9.17) is 14.2 Å². The maximum absolute atomic E-state index is 12.7. The number of anilines is 1. The summed E-state index contributed by atoms with van der Waals surface area (Å²) in [4.78, 5) is 15.0. The Hall–Kier alpha value is -3.57. The van der Waals surface area contributed by atoms with E-state index in [9.17, 15) is 4.79 Å². The molecule has 0 saturated carbocycles. The number of rotatable bonds is 8. The normalized spacial score (nSPS) is 13.8. The monoisotopic (exact) mass is 443 g/mol. The van der Waals surface area contributed by atoms with E-state index in [2.05, 4.69) is 4.90 Å². The van der Waals surface area contributed by atoms with Gasteiger partial charge in [-0.3, -0.25) is 4.79 Å². The van der Waals surface area contributed by atoms with Crippen LogP contribution in [0.2, 0.25) is 0 Å². The topological polar surface area (TPSA) is 48.0 Å². The number of ketones is 1. The highest BCUT2D eigenvalue weighted by atomic mass is 16.5. The Labute approximate surface area is 195 Å². The molecule has 1 saturated heterocycles. The van der Waals surface area contributed by atoms with Crippen molar-refractivity contribution in [2.45, 2.75) is 13.5 Å². The fourth-order valence-electron chi connectivity index (χ4n) is 3.74. The van der Waals surface area contributed by atoms with Gasteiger partial charge in [-0.2, -0.15) is 0 Å². The fourth-order valence-corrected chi connectivity index (χ4v) is 3.74. The van der Waals surface area contributed by atoms with E-state index in [1.54, 1.807) is 13.2 Å². The summed E-state index contributed by atoms with van der Waals surface area (Å²) in [5.41, 5.74) is 4.80. The molecule has 0 bridgehead atoms. The maximum Gasteiger partial charge on any atom is 0.185 e. The van der Waals surface area contributed by atoms with Crippen molar-refractivity contribution >= 4 is 17.5 Å². The number of hydrogen-bond donors (Lipinski definition) is 0. The molecule has 0 aliphatic carbocycles. The molecule has 0 amide bonds. The minimum absolute atomic E-state index is 0.0307. The second kappa shape index (κ2) is 10.8. The third-order valence-corrected chi connectivity index (χ3v) is 5.67. The van der Waals surface area contributed by atoms with Gasteiger partial charge in [-0.15, -0.1) is 0 Å². The number of benzene rings is 3. The zero-order valence-electron chi connectivity index (χ0n) is 19.1. The third kappa shape index (κ3) is 6.02. The van der Waals surface area contributed by atoms with Crippen LogP contribution in [0.4, 0.5) is 5.69 Å². The van der Waals surface area contributed by atoms with E-state index in [1.807, 2.05) is 79.7 Å². The Balaban J connectivity index is 1.41. The van der Waals surface area contributed by atoms with Crippen LogP contribution in [0.1, 0.15) is 27.0 Å². The van der Waals surface area contributed by atoms with Crippen molar-refractivity contribution in [2.75, 3.05) is 38.3 Å². The van der Waals surface area contributed by atoms with Crippen LogP contribution in [0, 0.1) is 6.92 Å².